The molecule has 1 heterocycles. The Morgan fingerprint density at radius 3 is 2.53 bits per heavy atom. The van der Waals surface area contributed by atoms with Gasteiger partial charge in [-0.3, -0.25) is 0 Å². The van der Waals surface area contributed by atoms with Gasteiger partial charge in [-0.05, 0) is 18.8 Å². The molecule has 0 radical (unpaired) electrons. The van der Waals surface area contributed by atoms with Crippen LogP contribution in [-0.4, -0.2) is 16.0 Å². The Kier molecular flexibility index (Phi) is 5.69. The van der Waals surface area contributed by atoms with Crippen LogP contribution in [0, 0.1) is 5.92 Å². The molecular weight excluding hydrogens is 234 g/mol. The van der Waals surface area contributed by atoms with Crippen LogP contribution in [0.4, 0.5) is 5.82 Å². The van der Waals surface area contributed by atoms with E-state index in [9.17, 15) is 0 Å². The van der Waals surface area contributed by atoms with E-state index < -0.39 is 0 Å². The molecule has 0 saturated heterocycles. The second-order valence-electron chi connectivity index (χ2n) is 4.65. The summed E-state index contributed by atoms with van der Waals surface area (Å²) < 4.78 is 0. The van der Waals surface area contributed by atoms with Crippen LogP contribution < -0.4 is 5.32 Å². The SMILES string of the molecule is CCCc1nc(Cl)cc(NC(CC)C(C)C)n1. The van der Waals surface area contributed by atoms with Crippen molar-refractivity contribution in [1.29, 1.82) is 0 Å². The van der Waals surface area contributed by atoms with E-state index in [0.29, 0.717) is 17.1 Å². The van der Waals surface area contributed by atoms with Crippen LogP contribution >= 0.6 is 11.6 Å². The van der Waals surface area contributed by atoms with E-state index >= 15 is 0 Å². The van der Waals surface area contributed by atoms with Crippen LogP contribution in [0.15, 0.2) is 6.07 Å². The van der Waals surface area contributed by atoms with E-state index in [1.807, 2.05) is 0 Å². The molecule has 0 spiro atoms. The molecule has 1 atom stereocenters. The maximum absolute atomic E-state index is 6.00. The largest absolute Gasteiger partial charge is 0.367 e. The molecular formula is C13H22ClN3. The minimum atomic E-state index is 0.426. The van der Waals surface area contributed by atoms with Gasteiger partial charge in [0.2, 0.25) is 0 Å². The molecule has 0 bridgehead atoms. The zero-order valence-corrected chi connectivity index (χ0v) is 11.9. The average Bonchev–Trinajstić information content (AvgIpc) is 2.25. The number of aryl methyl sites for hydroxylation is 1. The number of hydrogen-bond acceptors (Lipinski definition) is 3. The molecule has 4 heteroatoms. The lowest BCUT2D eigenvalue weighted by Crippen LogP contribution is -2.25. The van der Waals surface area contributed by atoms with E-state index in [4.69, 9.17) is 11.6 Å². The first kappa shape index (κ1) is 14.2. The number of nitrogens with one attached hydrogen (secondary N) is 1. The fraction of sp³-hybridized carbons (Fsp3) is 0.692. The normalized spacial score (nSPS) is 12.8. The van der Waals surface area contributed by atoms with E-state index in [1.54, 1.807) is 6.07 Å². The standard InChI is InChI=1S/C13H22ClN3/c1-5-7-12-16-11(14)8-13(17-12)15-10(6-2)9(3)4/h8-10H,5-7H2,1-4H3,(H,15,16,17). The van der Waals surface area contributed by atoms with Gasteiger partial charge in [-0.2, -0.15) is 0 Å². The third-order valence-corrected chi connectivity index (χ3v) is 2.99. The monoisotopic (exact) mass is 255 g/mol. The molecule has 0 aliphatic heterocycles. The van der Waals surface area contributed by atoms with Crippen LogP contribution in [-0.2, 0) is 6.42 Å². The molecule has 1 unspecified atom stereocenters. The van der Waals surface area contributed by atoms with Gasteiger partial charge < -0.3 is 5.32 Å². The van der Waals surface area contributed by atoms with Gasteiger partial charge in [0.1, 0.15) is 16.8 Å². The summed E-state index contributed by atoms with van der Waals surface area (Å²) in [6.07, 6.45) is 2.97. The number of hydrogen-bond donors (Lipinski definition) is 1. The predicted molar refractivity (Wildman–Crippen MR) is 73.6 cm³/mol. The van der Waals surface area contributed by atoms with Gasteiger partial charge >= 0.3 is 0 Å². The topological polar surface area (TPSA) is 37.8 Å². The molecule has 1 N–H and O–H groups in total. The zero-order chi connectivity index (χ0) is 12.8. The first-order chi connectivity index (χ1) is 8.06. The Labute approximate surface area is 109 Å². The molecule has 0 saturated carbocycles. The van der Waals surface area contributed by atoms with Crippen LogP contribution in [0.1, 0.15) is 46.4 Å². The van der Waals surface area contributed by atoms with Crippen molar-refractivity contribution in [3.63, 3.8) is 0 Å². The van der Waals surface area contributed by atoms with Crippen molar-refractivity contribution in [2.75, 3.05) is 5.32 Å². The lowest BCUT2D eigenvalue weighted by molar-refractivity contribution is 0.509. The molecule has 0 fully saturated rings. The Morgan fingerprint density at radius 1 is 1.29 bits per heavy atom. The highest BCUT2D eigenvalue weighted by atomic mass is 35.5. The van der Waals surface area contributed by atoms with Crippen molar-refractivity contribution in [2.45, 2.75) is 53.0 Å². The number of aromatic nitrogens is 2. The second-order valence-corrected chi connectivity index (χ2v) is 5.03. The van der Waals surface area contributed by atoms with Crippen LogP contribution in [0.2, 0.25) is 5.15 Å². The summed E-state index contributed by atoms with van der Waals surface area (Å²) in [5, 5.41) is 3.95. The quantitative estimate of drug-likeness (QED) is 0.783. The molecule has 96 valence electrons. The number of rotatable bonds is 6. The Morgan fingerprint density at radius 2 is 2.00 bits per heavy atom. The van der Waals surface area contributed by atoms with Gasteiger partial charge in [0, 0.05) is 18.5 Å². The van der Waals surface area contributed by atoms with Crippen LogP contribution in [0.5, 0.6) is 0 Å². The van der Waals surface area contributed by atoms with Gasteiger partial charge in [0.25, 0.3) is 0 Å². The Hall–Kier alpha value is -0.830. The van der Waals surface area contributed by atoms with Crippen molar-refractivity contribution in [2.24, 2.45) is 5.92 Å². The number of halogens is 1. The minimum Gasteiger partial charge on any atom is -0.367 e. The van der Waals surface area contributed by atoms with Crippen LogP contribution in [0.25, 0.3) is 0 Å². The minimum absolute atomic E-state index is 0.426. The molecule has 1 rings (SSSR count). The predicted octanol–water partition coefficient (Wildman–Crippen LogP) is 3.93. The first-order valence-electron chi connectivity index (χ1n) is 6.36. The third-order valence-electron chi connectivity index (χ3n) is 2.79. The van der Waals surface area contributed by atoms with Gasteiger partial charge in [-0.1, -0.05) is 39.3 Å². The van der Waals surface area contributed by atoms with Crippen molar-refractivity contribution in [3.05, 3.63) is 17.0 Å². The van der Waals surface area contributed by atoms with Crippen molar-refractivity contribution < 1.29 is 0 Å². The highest BCUT2D eigenvalue weighted by Gasteiger charge is 2.12. The lowest BCUT2D eigenvalue weighted by atomic mass is 10.0. The molecule has 1 aromatic heterocycles. The highest BCUT2D eigenvalue weighted by molar-refractivity contribution is 6.29. The fourth-order valence-corrected chi connectivity index (χ4v) is 2.01. The number of nitrogens with zero attached hydrogens (tertiary/aromatic N) is 2. The summed E-state index contributed by atoms with van der Waals surface area (Å²) in [6, 6.07) is 2.22. The summed E-state index contributed by atoms with van der Waals surface area (Å²) in [4.78, 5) is 8.70. The zero-order valence-electron chi connectivity index (χ0n) is 11.1. The van der Waals surface area contributed by atoms with Crippen molar-refractivity contribution in [3.8, 4) is 0 Å². The first-order valence-corrected chi connectivity index (χ1v) is 6.74. The summed E-state index contributed by atoms with van der Waals surface area (Å²) in [5.41, 5.74) is 0. The van der Waals surface area contributed by atoms with E-state index in [1.165, 1.54) is 0 Å². The summed E-state index contributed by atoms with van der Waals surface area (Å²) in [6.45, 7) is 8.70. The van der Waals surface area contributed by atoms with E-state index in [2.05, 4.69) is 43.0 Å². The van der Waals surface area contributed by atoms with Gasteiger partial charge in [0.15, 0.2) is 0 Å². The second kappa shape index (κ2) is 6.80. The summed E-state index contributed by atoms with van der Waals surface area (Å²) in [7, 11) is 0. The summed E-state index contributed by atoms with van der Waals surface area (Å²) in [5.74, 6) is 2.23. The maximum atomic E-state index is 6.00. The number of anilines is 1. The van der Waals surface area contributed by atoms with E-state index in [-0.39, 0.29) is 0 Å². The van der Waals surface area contributed by atoms with Gasteiger partial charge in [-0.15, -0.1) is 0 Å². The molecule has 1 aromatic rings. The van der Waals surface area contributed by atoms with Gasteiger partial charge in [0.05, 0.1) is 0 Å². The average molecular weight is 256 g/mol. The molecule has 3 nitrogen and oxygen atoms in total. The molecule has 0 amide bonds. The highest BCUT2D eigenvalue weighted by Crippen LogP contribution is 2.17. The molecule has 0 aliphatic carbocycles. The molecule has 17 heavy (non-hydrogen) atoms. The molecule has 0 aromatic carbocycles. The smallest absolute Gasteiger partial charge is 0.134 e. The van der Waals surface area contributed by atoms with E-state index in [0.717, 1.165) is 30.9 Å². The Bertz CT molecular complexity index is 353. The molecule has 0 aliphatic rings. The van der Waals surface area contributed by atoms with Gasteiger partial charge in [-0.25, -0.2) is 9.97 Å². The third kappa shape index (κ3) is 4.50. The van der Waals surface area contributed by atoms with Crippen LogP contribution in [0.3, 0.4) is 0 Å². The Balaban J connectivity index is 2.82. The fourth-order valence-electron chi connectivity index (χ4n) is 1.80. The maximum Gasteiger partial charge on any atom is 0.134 e. The summed E-state index contributed by atoms with van der Waals surface area (Å²) >= 11 is 6.00. The van der Waals surface area contributed by atoms with Crippen molar-refractivity contribution in [1.82, 2.24) is 9.97 Å². The lowest BCUT2D eigenvalue weighted by Gasteiger charge is -2.21. The van der Waals surface area contributed by atoms with Crippen molar-refractivity contribution >= 4 is 17.4 Å².